The molecule has 0 aromatic heterocycles. The van der Waals surface area contributed by atoms with Gasteiger partial charge in [0.15, 0.2) is 0 Å². The second-order valence-electron chi connectivity index (χ2n) is 3.29. The van der Waals surface area contributed by atoms with E-state index in [4.69, 9.17) is 0 Å². The number of aryl methyl sites for hydroxylation is 1. The summed E-state index contributed by atoms with van der Waals surface area (Å²) in [6, 6.07) is 9.22. The SMILES string of the molecule is CC.CC.[NH3+][C@@H]1CCCc2ccccc21. The molecule has 1 atom stereocenters. The van der Waals surface area contributed by atoms with Gasteiger partial charge >= 0.3 is 0 Å². The van der Waals surface area contributed by atoms with Gasteiger partial charge in [-0.25, -0.2) is 0 Å². The highest BCUT2D eigenvalue weighted by molar-refractivity contribution is 5.30. The van der Waals surface area contributed by atoms with Gasteiger partial charge in [-0.15, -0.1) is 0 Å². The molecule has 3 N–H and O–H groups in total. The normalized spacial score (nSPS) is 17.5. The fourth-order valence-corrected chi connectivity index (χ4v) is 1.85. The molecular formula is C14H26N+. The van der Waals surface area contributed by atoms with E-state index >= 15 is 0 Å². The molecule has 1 heteroatoms. The van der Waals surface area contributed by atoms with E-state index in [0.717, 1.165) is 0 Å². The number of rotatable bonds is 0. The minimum atomic E-state index is 0.542. The average Bonchev–Trinajstić information content (AvgIpc) is 2.35. The molecule has 1 aromatic rings. The van der Waals surface area contributed by atoms with Crippen LogP contribution < -0.4 is 5.73 Å². The third kappa shape index (κ3) is 4.05. The predicted octanol–water partition coefficient (Wildman–Crippen LogP) is 3.36. The summed E-state index contributed by atoms with van der Waals surface area (Å²) in [5.41, 5.74) is 7.12. The number of fused-ring (bicyclic) bond motifs is 1. The molecule has 0 saturated carbocycles. The molecule has 1 aliphatic carbocycles. The van der Waals surface area contributed by atoms with Crippen LogP contribution in [0.4, 0.5) is 0 Å². The van der Waals surface area contributed by atoms with Crippen molar-refractivity contribution in [2.24, 2.45) is 0 Å². The van der Waals surface area contributed by atoms with Crippen LogP contribution in [0.1, 0.15) is 57.7 Å². The van der Waals surface area contributed by atoms with Crippen LogP contribution in [0.2, 0.25) is 0 Å². The van der Waals surface area contributed by atoms with E-state index in [1.165, 1.54) is 30.4 Å². The molecule has 1 aliphatic rings. The van der Waals surface area contributed by atoms with Crippen molar-refractivity contribution in [1.82, 2.24) is 0 Å². The summed E-state index contributed by atoms with van der Waals surface area (Å²) in [5.74, 6) is 0. The quantitative estimate of drug-likeness (QED) is 0.677. The third-order valence-electron chi connectivity index (χ3n) is 2.49. The van der Waals surface area contributed by atoms with Crippen LogP contribution in [-0.2, 0) is 6.42 Å². The van der Waals surface area contributed by atoms with Crippen LogP contribution in [0, 0.1) is 0 Å². The highest BCUT2D eigenvalue weighted by atomic mass is 14.6. The van der Waals surface area contributed by atoms with E-state index < -0.39 is 0 Å². The maximum absolute atomic E-state index is 4.14. The van der Waals surface area contributed by atoms with Crippen molar-refractivity contribution < 1.29 is 5.73 Å². The summed E-state index contributed by atoms with van der Waals surface area (Å²) in [6.07, 6.45) is 3.82. The van der Waals surface area contributed by atoms with Gasteiger partial charge in [0.25, 0.3) is 0 Å². The highest BCUT2D eigenvalue weighted by Gasteiger charge is 2.17. The summed E-state index contributed by atoms with van der Waals surface area (Å²) in [6.45, 7) is 8.00. The Morgan fingerprint density at radius 3 is 2.27 bits per heavy atom. The smallest absolute Gasteiger partial charge is 0.110 e. The standard InChI is InChI=1S/C10H13N.2C2H6/c11-10-7-3-5-8-4-1-2-6-9(8)10;2*1-2/h1-2,4,6,10H,3,5,7,11H2;2*1-2H3/p+1/t10-;;/m1../s1. The molecule has 0 amide bonds. The first kappa shape index (κ1) is 14.2. The molecule has 1 aromatic carbocycles. The van der Waals surface area contributed by atoms with Crippen LogP contribution in [0.25, 0.3) is 0 Å². The summed E-state index contributed by atoms with van der Waals surface area (Å²) < 4.78 is 0. The topological polar surface area (TPSA) is 27.6 Å². The van der Waals surface area contributed by atoms with Crippen molar-refractivity contribution >= 4 is 0 Å². The van der Waals surface area contributed by atoms with Crippen LogP contribution >= 0.6 is 0 Å². The van der Waals surface area contributed by atoms with Crippen molar-refractivity contribution in [1.29, 1.82) is 0 Å². The molecule has 0 spiro atoms. The summed E-state index contributed by atoms with van der Waals surface area (Å²) in [5, 5.41) is 0. The molecule has 0 unspecified atom stereocenters. The summed E-state index contributed by atoms with van der Waals surface area (Å²) in [4.78, 5) is 0. The van der Waals surface area contributed by atoms with E-state index in [9.17, 15) is 0 Å². The predicted molar refractivity (Wildman–Crippen MR) is 67.7 cm³/mol. The fourth-order valence-electron chi connectivity index (χ4n) is 1.85. The molecule has 15 heavy (non-hydrogen) atoms. The van der Waals surface area contributed by atoms with E-state index in [-0.39, 0.29) is 0 Å². The minimum Gasteiger partial charge on any atom is -0.351 e. The van der Waals surface area contributed by atoms with Gasteiger partial charge in [0.05, 0.1) is 0 Å². The van der Waals surface area contributed by atoms with Gasteiger partial charge in [0.1, 0.15) is 6.04 Å². The molecule has 0 heterocycles. The first-order valence-corrected chi connectivity index (χ1v) is 6.29. The number of hydrogen-bond acceptors (Lipinski definition) is 0. The molecule has 0 fully saturated rings. The van der Waals surface area contributed by atoms with Gasteiger partial charge in [-0.3, -0.25) is 0 Å². The molecule has 0 aliphatic heterocycles. The van der Waals surface area contributed by atoms with E-state index in [1.54, 1.807) is 0 Å². The summed E-state index contributed by atoms with van der Waals surface area (Å²) >= 11 is 0. The Morgan fingerprint density at radius 1 is 1.07 bits per heavy atom. The van der Waals surface area contributed by atoms with Gasteiger partial charge in [-0.1, -0.05) is 52.0 Å². The average molecular weight is 208 g/mol. The van der Waals surface area contributed by atoms with Gasteiger partial charge < -0.3 is 5.73 Å². The first-order valence-electron chi connectivity index (χ1n) is 6.29. The monoisotopic (exact) mass is 208 g/mol. The lowest BCUT2D eigenvalue weighted by molar-refractivity contribution is -0.429. The lowest BCUT2D eigenvalue weighted by Crippen LogP contribution is -2.54. The Balaban J connectivity index is 0.000000442. The van der Waals surface area contributed by atoms with Gasteiger partial charge in [0.2, 0.25) is 0 Å². The van der Waals surface area contributed by atoms with Gasteiger partial charge in [-0.2, -0.15) is 0 Å². The van der Waals surface area contributed by atoms with Crippen molar-refractivity contribution in [2.75, 3.05) is 0 Å². The maximum atomic E-state index is 4.14. The largest absolute Gasteiger partial charge is 0.351 e. The Morgan fingerprint density at radius 2 is 1.67 bits per heavy atom. The van der Waals surface area contributed by atoms with Gasteiger partial charge in [-0.05, 0) is 18.4 Å². The second-order valence-corrected chi connectivity index (χ2v) is 3.29. The number of quaternary nitrogens is 1. The Kier molecular flexibility index (Phi) is 8.02. The van der Waals surface area contributed by atoms with Crippen molar-refractivity contribution in [3.8, 4) is 0 Å². The third-order valence-corrected chi connectivity index (χ3v) is 2.49. The van der Waals surface area contributed by atoms with E-state index in [2.05, 4.69) is 30.0 Å². The van der Waals surface area contributed by atoms with E-state index in [0.29, 0.717) is 6.04 Å². The van der Waals surface area contributed by atoms with Crippen molar-refractivity contribution in [2.45, 2.75) is 53.0 Å². The maximum Gasteiger partial charge on any atom is 0.110 e. The van der Waals surface area contributed by atoms with Crippen LogP contribution in [0.5, 0.6) is 0 Å². The van der Waals surface area contributed by atoms with Crippen LogP contribution in [0.15, 0.2) is 24.3 Å². The van der Waals surface area contributed by atoms with E-state index in [1.807, 2.05) is 27.7 Å². The van der Waals surface area contributed by atoms with Crippen LogP contribution in [0.3, 0.4) is 0 Å². The Bertz CT molecular complexity index is 255. The lowest BCUT2D eigenvalue weighted by Gasteiger charge is -2.18. The molecule has 1 nitrogen and oxygen atoms in total. The molecule has 86 valence electrons. The molecule has 0 radical (unpaired) electrons. The number of benzene rings is 1. The Hall–Kier alpha value is -0.820. The molecule has 0 saturated heterocycles. The molecule has 0 bridgehead atoms. The van der Waals surface area contributed by atoms with Crippen LogP contribution in [-0.4, -0.2) is 0 Å². The first-order chi connectivity index (χ1) is 7.38. The van der Waals surface area contributed by atoms with Gasteiger partial charge in [0, 0.05) is 12.0 Å². The fraction of sp³-hybridized carbons (Fsp3) is 0.571. The molecule has 2 rings (SSSR count). The zero-order valence-corrected chi connectivity index (χ0v) is 10.7. The minimum absolute atomic E-state index is 0.542. The zero-order valence-electron chi connectivity index (χ0n) is 10.7. The highest BCUT2D eigenvalue weighted by Crippen LogP contribution is 2.25. The summed E-state index contributed by atoms with van der Waals surface area (Å²) in [7, 11) is 0. The Labute approximate surface area is 94.7 Å². The lowest BCUT2D eigenvalue weighted by atomic mass is 9.88. The van der Waals surface area contributed by atoms with Crippen molar-refractivity contribution in [3.63, 3.8) is 0 Å². The zero-order chi connectivity index (χ0) is 11.7. The molecular weight excluding hydrogens is 182 g/mol. The van der Waals surface area contributed by atoms with Crippen molar-refractivity contribution in [3.05, 3.63) is 35.4 Å². The second kappa shape index (κ2) is 8.49. The number of hydrogen-bond donors (Lipinski definition) is 1.